The van der Waals surface area contributed by atoms with Crippen molar-refractivity contribution in [3.05, 3.63) is 59.5 Å². The van der Waals surface area contributed by atoms with Crippen LogP contribution in [-0.2, 0) is 18.4 Å². The molecule has 5 rings (SSSR count). The van der Waals surface area contributed by atoms with E-state index >= 15 is 4.39 Å². The van der Waals surface area contributed by atoms with Crippen LogP contribution in [0.4, 0.5) is 23.7 Å². The summed E-state index contributed by atoms with van der Waals surface area (Å²) < 4.78 is 41.7. The molecule has 1 aromatic heterocycles. The maximum atomic E-state index is 15.3. The molecule has 41 heavy (non-hydrogen) atoms. The number of hydrazine groups is 1. The van der Waals surface area contributed by atoms with Gasteiger partial charge in [-0.1, -0.05) is 13.0 Å². The number of alkyl halides is 2. The molecule has 13 heteroatoms. The number of anilines is 1. The number of urea groups is 1. The number of amides is 4. The van der Waals surface area contributed by atoms with Gasteiger partial charge in [0.2, 0.25) is 0 Å². The number of carbonyl (C=O) groups excluding carboxylic acids is 3. The van der Waals surface area contributed by atoms with Crippen molar-refractivity contribution in [1.29, 1.82) is 0 Å². The first-order valence-corrected chi connectivity index (χ1v) is 13.5. The second-order valence-electron chi connectivity index (χ2n) is 10.7. The molecule has 10 nitrogen and oxygen atoms in total. The molecule has 3 aromatic rings. The first-order valence-electron chi connectivity index (χ1n) is 13.5. The lowest BCUT2D eigenvalue weighted by Gasteiger charge is -2.54. The van der Waals surface area contributed by atoms with Crippen molar-refractivity contribution < 1.29 is 27.6 Å². The molecule has 0 bridgehead atoms. The summed E-state index contributed by atoms with van der Waals surface area (Å²) >= 11 is 0. The minimum atomic E-state index is -3.31. The molecule has 0 unspecified atom stereocenters. The Hall–Kier alpha value is -4.13. The molecule has 2 saturated heterocycles. The summed E-state index contributed by atoms with van der Waals surface area (Å²) in [5.74, 6) is -3.40. The molecule has 1 spiro atoms. The van der Waals surface area contributed by atoms with E-state index in [0.29, 0.717) is 18.8 Å². The third kappa shape index (κ3) is 5.85. The van der Waals surface area contributed by atoms with Gasteiger partial charge in [0.1, 0.15) is 5.82 Å². The van der Waals surface area contributed by atoms with Gasteiger partial charge in [-0.25, -0.2) is 9.18 Å². The summed E-state index contributed by atoms with van der Waals surface area (Å²) in [7, 11) is 1.80. The number of benzene rings is 2. The van der Waals surface area contributed by atoms with E-state index < -0.39 is 24.1 Å². The minimum absolute atomic E-state index is 0.108. The lowest BCUT2D eigenvalue weighted by atomic mass is 9.72. The summed E-state index contributed by atoms with van der Waals surface area (Å²) in [6, 6.07) is 8.84. The van der Waals surface area contributed by atoms with Crippen LogP contribution < -0.4 is 15.8 Å². The molecular weight excluding hydrogens is 539 g/mol. The molecule has 0 atom stereocenters. The quantitative estimate of drug-likeness (QED) is 0.443. The van der Waals surface area contributed by atoms with Crippen LogP contribution in [0.3, 0.4) is 0 Å². The highest BCUT2D eigenvalue weighted by molar-refractivity contribution is 5.96. The Labute approximate surface area is 235 Å². The van der Waals surface area contributed by atoms with E-state index in [1.165, 1.54) is 17.0 Å². The Bertz CT molecular complexity index is 1460. The molecular formula is C28H32F3N7O3. The number of aromatic nitrogens is 2. The van der Waals surface area contributed by atoms with Crippen molar-refractivity contribution in [2.45, 2.75) is 32.7 Å². The largest absolute Gasteiger partial charge is 0.324 e. The van der Waals surface area contributed by atoms with Gasteiger partial charge in [0.25, 0.3) is 5.91 Å². The average Bonchev–Trinajstić information content (AvgIpc) is 3.33. The van der Waals surface area contributed by atoms with Gasteiger partial charge in [-0.3, -0.25) is 30.0 Å². The molecule has 0 aliphatic carbocycles. The van der Waals surface area contributed by atoms with Crippen molar-refractivity contribution in [2.24, 2.45) is 12.5 Å². The lowest BCUT2D eigenvalue weighted by Crippen LogP contribution is -2.61. The van der Waals surface area contributed by atoms with Crippen LogP contribution in [0.25, 0.3) is 10.9 Å². The summed E-state index contributed by atoms with van der Waals surface area (Å²) in [5, 5.41) is 5.17. The Morgan fingerprint density at radius 3 is 2.46 bits per heavy atom. The maximum absolute atomic E-state index is 15.3. The van der Waals surface area contributed by atoms with E-state index in [0.717, 1.165) is 49.4 Å². The molecule has 0 radical (unpaired) electrons. The Balaban J connectivity index is 1.36. The molecule has 2 fully saturated rings. The molecule has 0 saturated carbocycles. The van der Waals surface area contributed by atoms with Crippen molar-refractivity contribution in [3.8, 4) is 0 Å². The van der Waals surface area contributed by atoms with Gasteiger partial charge in [0.05, 0.1) is 18.3 Å². The molecule has 4 amide bonds. The number of rotatable bonds is 6. The smallest absolute Gasteiger partial charge is 0.324 e. The van der Waals surface area contributed by atoms with Crippen molar-refractivity contribution in [3.63, 3.8) is 0 Å². The van der Waals surface area contributed by atoms with Gasteiger partial charge in [0.15, 0.2) is 0 Å². The van der Waals surface area contributed by atoms with Crippen LogP contribution in [0.15, 0.2) is 42.6 Å². The molecule has 2 N–H and O–H groups in total. The maximum Gasteiger partial charge on any atom is 0.324 e. The first-order chi connectivity index (χ1) is 19.6. The predicted molar refractivity (Wildman–Crippen MR) is 146 cm³/mol. The third-order valence-electron chi connectivity index (χ3n) is 8.08. The van der Waals surface area contributed by atoms with Crippen molar-refractivity contribution in [2.75, 3.05) is 37.6 Å². The van der Waals surface area contributed by atoms with Crippen LogP contribution in [0.2, 0.25) is 0 Å². The number of hydrogen-bond donors (Lipinski definition) is 2. The number of fused-ring (bicyclic) bond motifs is 1. The fraction of sp³-hybridized carbons (Fsp3) is 0.429. The average molecular weight is 572 g/mol. The second kappa shape index (κ2) is 11.4. The van der Waals surface area contributed by atoms with E-state index in [-0.39, 0.29) is 29.1 Å². The number of carbonyl (C=O) groups is 3. The highest BCUT2D eigenvalue weighted by atomic mass is 19.3. The summed E-state index contributed by atoms with van der Waals surface area (Å²) in [6.07, 6.45) is 0.225. The van der Waals surface area contributed by atoms with Gasteiger partial charge in [0, 0.05) is 55.4 Å². The monoisotopic (exact) mass is 571 g/mol. The fourth-order valence-corrected chi connectivity index (χ4v) is 5.59. The Kier molecular flexibility index (Phi) is 7.89. The van der Waals surface area contributed by atoms with Gasteiger partial charge >= 0.3 is 18.4 Å². The van der Waals surface area contributed by atoms with Gasteiger partial charge in [-0.05, 0) is 55.1 Å². The number of nitrogens with one attached hydrogen (secondary N) is 2. The lowest BCUT2D eigenvalue weighted by molar-refractivity contribution is -0.132. The summed E-state index contributed by atoms with van der Waals surface area (Å²) in [4.78, 5) is 42.9. The first kappa shape index (κ1) is 28.4. The number of hydrogen-bond acceptors (Lipinski definition) is 5. The Morgan fingerprint density at radius 1 is 1.07 bits per heavy atom. The number of halogens is 3. The molecule has 2 aromatic carbocycles. The van der Waals surface area contributed by atoms with E-state index in [2.05, 4.69) is 16.9 Å². The second-order valence-corrected chi connectivity index (χ2v) is 10.7. The minimum Gasteiger partial charge on any atom is -0.324 e. The van der Waals surface area contributed by atoms with Crippen LogP contribution in [-0.4, -0.2) is 76.6 Å². The third-order valence-corrected chi connectivity index (χ3v) is 8.08. The molecule has 3 heterocycles. The molecule has 2 aliphatic rings. The standard InChI is InChI=1S/C28H32F3N7O3/c1-3-36-16-28(17-36)8-10-37(11-9-28)27(41)38(21-7-6-19-14-32-35(2)23(19)13-21)15-20-5-4-18(12-22(20)29)25(39)33-34-26(40)24(30)31/h4-7,12-14,24H,3,8-11,15-17H2,1-2H3,(H,33,39)(H,34,40). The number of likely N-dealkylation sites (tertiary alicyclic amines) is 2. The number of nitrogens with zero attached hydrogens (tertiary/aromatic N) is 5. The highest BCUT2D eigenvalue weighted by Gasteiger charge is 2.45. The highest BCUT2D eigenvalue weighted by Crippen LogP contribution is 2.40. The molecule has 218 valence electrons. The van der Waals surface area contributed by atoms with Gasteiger partial charge in [-0.15, -0.1) is 0 Å². The van der Waals surface area contributed by atoms with E-state index in [1.54, 1.807) is 34.3 Å². The van der Waals surface area contributed by atoms with Crippen molar-refractivity contribution in [1.82, 2.24) is 30.4 Å². The SMILES string of the molecule is CCN1CC2(CCN(C(=O)N(Cc3ccc(C(=O)NNC(=O)C(F)F)cc3F)c3ccc4cnn(C)c4c3)CC2)C1. The normalized spacial score (nSPS) is 16.6. The van der Waals surface area contributed by atoms with E-state index in [1.807, 2.05) is 17.6 Å². The summed E-state index contributed by atoms with van der Waals surface area (Å²) in [6.45, 7) is 6.35. The molecule has 2 aliphatic heterocycles. The topological polar surface area (TPSA) is 103 Å². The van der Waals surface area contributed by atoms with Gasteiger partial charge in [-0.2, -0.15) is 13.9 Å². The zero-order chi connectivity index (χ0) is 29.3. The summed E-state index contributed by atoms with van der Waals surface area (Å²) in [5.41, 5.74) is 5.01. The zero-order valence-electron chi connectivity index (χ0n) is 22.9. The zero-order valence-corrected chi connectivity index (χ0v) is 22.9. The predicted octanol–water partition coefficient (Wildman–Crippen LogP) is 3.28. The van der Waals surface area contributed by atoms with E-state index in [9.17, 15) is 23.2 Å². The van der Waals surface area contributed by atoms with Crippen LogP contribution >= 0.6 is 0 Å². The fourth-order valence-electron chi connectivity index (χ4n) is 5.59. The van der Waals surface area contributed by atoms with E-state index in [4.69, 9.17) is 0 Å². The number of piperidine rings is 1. The number of aryl methyl sites for hydroxylation is 1. The van der Waals surface area contributed by atoms with Crippen LogP contribution in [0, 0.1) is 11.2 Å². The van der Waals surface area contributed by atoms with Crippen LogP contribution in [0.5, 0.6) is 0 Å². The Morgan fingerprint density at radius 2 is 1.80 bits per heavy atom. The van der Waals surface area contributed by atoms with Crippen molar-refractivity contribution >= 4 is 34.4 Å². The van der Waals surface area contributed by atoms with Crippen LogP contribution in [0.1, 0.15) is 35.7 Å². The van der Waals surface area contributed by atoms with Gasteiger partial charge < -0.3 is 9.80 Å².